The number of carboxylic acids is 1. The molecule has 2 rings (SSSR count). The molecule has 1 aromatic heterocycles. The molecule has 1 aliphatic rings. The molecule has 0 saturated carbocycles. The Morgan fingerprint density at radius 1 is 1.50 bits per heavy atom. The Morgan fingerprint density at radius 3 is 2.75 bits per heavy atom. The molecule has 1 aliphatic heterocycles. The SMILES string of the molecule is Cc1ccc(NC(=O)N2CC(C)(OCC(=O)O)C2)cn1. The molecule has 0 atom stereocenters. The van der Waals surface area contributed by atoms with Crippen LogP contribution in [0.1, 0.15) is 12.6 Å². The van der Waals surface area contributed by atoms with Gasteiger partial charge in [-0.15, -0.1) is 0 Å². The molecule has 2 heterocycles. The lowest BCUT2D eigenvalue weighted by Crippen LogP contribution is -2.64. The van der Waals surface area contributed by atoms with Crippen LogP contribution < -0.4 is 5.32 Å². The van der Waals surface area contributed by atoms with Crippen molar-refractivity contribution < 1.29 is 19.4 Å². The maximum atomic E-state index is 11.9. The second-order valence-electron chi connectivity index (χ2n) is 5.11. The van der Waals surface area contributed by atoms with Gasteiger partial charge in [0, 0.05) is 5.69 Å². The zero-order valence-corrected chi connectivity index (χ0v) is 11.4. The summed E-state index contributed by atoms with van der Waals surface area (Å²) in [5.74, 6) is -1.01. The maximum Gasteiger partial charge on any atom is 0.329 e. The van der Waals surface area contributed by atoms with E-state index < -0.39 is 11.6 Å². The van der Waals surface area contributed by atoms with Gasteiger partial charge in [0.15, 0.2) is 0 Å². The quantitative estimate of drug-likeness (QED) is 0.861. The smallest absolute Gasteiger partial charge is 0.329 e. The Bertz CT molecular complexity index is 509. The van der Waals surface area contributed by atoms with Gasteiger partial charge >= 0.3 is 12.0 Å². The molecule has 1 aromatic rings. The molecule has 20 heavy (non-hydrogen) atoms. The minimum Gasteiger partial charge on any atom is -0.480 e. The number of hydrogen-bond acceptors (Lipinski definition) is 4. The van der Waals surface area contributed by atoms with Crippen molar-refractivity contribution in [3.05, 3.63) is 24.0 Å². The van der Waals surface area contributed by atoms with Crippen LogP contribution in [0, 0.1) is 6.92 Å². The maximum absolute atomic E-state index is 11.9. The average molecular weight is 279 g/mol. The Kier molecular flexibility index (Phi) is 3.89. The van der Waals surface area contributed by atoms with Crippen molar-refractivity contribution in [2.45, 2.75) is 19.4 Å². The van der Waals surface area contributed by atoms with Crippen LogP contribution in [0.5, 0.6) is 0 Å². The standard InChI is InChI=1S/C13H17N3O4/c1-9-3-4-10(5-14-9)15-12(19)16-7-13(2,8-16)20-6-11(17)18/h3-5H,6-8H2,1-2H3,(H,15,19)(H,17,18). The number of nitrogens with zero attached hydrogens (tertiary/aromatic N) is 2. The summed E-state index contributed by atoms with van der Waals surface area (Å²) < 4.78 is 5.24. The number of carbonyl (C=O) groups is 2. The number of aliphatic carboxylic acids is 1. The Hall–Kier alpha value is -2.15. The molecule has 0 aliphatic carbocycles. The number of likely N-dealkylation sites (tertiary alicyclic amines) is 1. The summed E-state index contributed by atoms with van der Waals surface area (Å²) in [6.45, 7) is 4.03. The van der Waals surface area contributed by atoms with E-state index in [4.69, 9.17) is 9.84 Å². The normalized spacial score (nSPS) is 16.4. The summed E-state index contributed by atoms with van der Waals surface area (Å²) in [5.41, 5.74) is 0.920. The molecule has 1 fully saturated rings. The van der Waals surface area contributed by atoms with Gasteiger partial charge in [-0.1, -0.05) is 0 Å². The van der Waals surface area contributed by atoms with Gasteiger partial charge in [0.05, 0.1) is 25.0 Å². The number of pyridine rings is 1. The summed E-state index contributed by atoms with van der Waals surface area (Å²) >= 11 is 0. The molecule has 2 amide bonds. The number of carboxylic acid groups (broad SMARTS) is 1. The van der Waals surface area contributed by atoms with Crippen LogP contribution in [0.4, 0.5) is 10.5 Å². The van der Waals surface area contributed by atoms with E-state index in [1.807, 2.05) is 13.0 Å². The first-order valence-corrected chi connectivity index (χ1v) is 6.22. The van der Waals surface area contributed by atoms with E-state index >= 15 is 0 Å². The first-order valence-electron chi connectivity index (χ1n) is 6.22. The molecule has 7 heteroatoms. The number of aryl methyl sites for hydroxylation is 1. The van der Waals surface area contributed by atoms with Crippen molar-refractivity contribution >= 4 is 17.7 Å². The van der Waals surface area contributed by atoms with Crippen molar-refractivity contribution in [2.75, 3.05) is 25.0 Å². The van der Waals surface area contributed by atoms with Gasteiger partial charge in [0.2, 0.25) is 0 Å². The van der Waals surface area contributed by atoms with Crippen molar-refractivity contribution in [3.8, 4) is 0 Å². The Labute approximate surface area is 116 Å². The summed E-state index contributed by atoms with van der Waals surface area (Å²) in [5, 5.41) is 11.3. The minimum atomic E-state index is -1.01. The summed E-state index contributed by atoms with van der Waals surface area (Å²) in [6, 6.07) is 3.35. The highest BCUT2D eigenvalue weighted by atomic mass is 16.5. The van der Waals surface area contributed by atoms with Crippen molar-refractivity contribution in [1.29, 1.82) is 0 Å². The zero-order valence-electron chi connectivity index (χ0n) is 11.4. The van der Waals surface area contributed by atoms with Crippen LogP contribution in [0.3, 0.4) is 0 Å². The lowest BCUT2D eigenvalue weighted by atomic mass is 9.97. The number of aromatic nitrogens is 1. The second-order valence-corrected chi connectivity index (χ2v) is 5.11. The number of rotatable bonds is 4. The van der Waals surface area contributed by atoms with Crippen LogP contribution in [-0.2, 0) is 9.53 Å². The van der Waals surface area contributed by atoms with Gasteiger partial charge in [-0.2, -0.15) is 0 Å². The molecule has 0 bridgehead atoms. The third-order valence-corrected chi connectivity index (χ3v) is 3.04. The van der Waals surface area contributed by atoms with E-state index in [0.29, 0.717) is 18.8 Å². The molecule has 0 spiro atoms. The molecule has 1 saturated heterocycles. The molecular formula is C13H17N3O4. The van der Waals surface area contributed by atoms with E-state index in [1.54, 1.807) is 24.1 Å². The zero-order chi connectivity index (χ0) is 14.8. The first kappa shape index (κ1) is 14.3. The fourth-order valence-electron chi connectivity index (χ4n) is 1.98. The van der Waals surface area contributed by atoms with E-state index in [9.17, 15) is 9.59 Å². The average Bonchev–Trinajstić information content (AvgIpc) is 2.35. The van der Waals surface area contributed by atoms with E-state index in [1.165, 1.54) is 0 Å². The van der Waals surface area contributed by atoms with Crippen LogP contribution in [0.2, 0.25) is 0 Å². The molecule has 108 valence electrons. The lowest BCUT2D eigenvalue weighted by Gasteiger charge is -2.46. The Balaban J connectivity index is 1.81. The number of nitrogens with one attached hydrogen (secondary N) is 1. The summed E-state index contributed by atoms with van der Waals surface area (Å²) in [7, 11) is 0. The van der Waals surface area contributed by atoms with Crippen molar-refractivity contribution in [2.24, 2.45) is 0 Å². The first-order chi connectivity index (χ1) is 9.38. The molecule has 0 aromatic carbocycles. The number of hydrogen-bond donors (Lipinski definition) is 2. The van der Waals surface area contributed by atoms with Crippen LogP contribution in [0.15, 0.2) is 18.3 Å². The molecule has 7 nitrogen and oxygen atoms in total. The van der Waals surface area contributed by atoms with Crippen LogP contribution in [0.25, 0.3) is 0 Å². The third kappa shape index (κ3) is 3.45. The number of urea groups is 1. The predicted octanol–water partition coefficient (Wildman–Crippen LogP) is 1.10. The highest BCUT2D eigenvalue weighted by molar-refractivity contribution is 5.89. The van der Waals surface area contributed by atoms with Gasteiger partial charge in [0.25, 0.3) is 0 Å². The Morgan fingerprint density at radius 2 is 2.20 bits per heavy atom. The molecule has 0 radical (unpaired) electrons. The van der Waals surface area contributed by atoms with E-state index in [2.05, 4.69) is 10.3 Å². The van der Waals surface area contributed by atoms with E-state index in [-0.39, 0.29) is 12.6 Å². The van der Waals surface area contributed by atoms with Crippen LogP contribution >= 0.6 is 0 Å². The predicted molar refractivity (Wildman–Crippen MR) is 71.6 cm³/mol. The molecule has 0 unspecified atom stereocenters. The third-order valence-electron chi connectivity index (χ3n) is 3.04. The lowest BCUT2D eigenvalue weighted by molar-refractivity contribution is -0.159. The number of amides is 2. The fourth-order valence-corrected chi connectivity index (χ4v) is 1.98. The van der Waals surface area contributed by atoms with Gasteiger partial charge in [-0.25, -0.2) is 9.59 Å². The number of carbonyl (C=O) groups excluding carboxylic acids is 1. The van der Waals surface area contributed by atoms with Gasteiger partial charge in [-0.05, 0) is 26.0 Å². The highest BCUT2D eigenvalue weighted by Crippen LogP contribution is 2.25. The molecular weight excluding hydrogens is 262 g/mol. The van der Waals surface area contributed by atoms with Gasteiger partial charge < -0.3 is 20.1 Å². The van der Waals surface area contributed by atoms with Crippen molar-refractivity contribution in [1.82, 2.24) is 9.88 Å². The van der Waals surface area contributed by atoms with Crippen molar-refractivity contribution in [3.63, 3.8) is 0 Å². The minimum absolute atomic E-state index is 0.243. The summed E-state index contributed by atoms with van der Waals surface area (Å²) in [6.07, 6.45) is 1.59. The highest BCUT2D eigenvalue weighted by Gasteiger charge is 2.42. The van der Waals surface area contributed by atoms with Gasteiger partial charge in [-0.3, -0.25) is 4.98 Å². The number of ether oxygens (including phenoxy) is 1. The van der Waals surface area contributed by atoms with Gasteiger partial charge in [0.1, 0.15) is 12.2 Å². The monoisotopic (exact) mass is 279 g/mol. The fraction of sp³-hybridized carbons (Fsp3) is 0.462. The van der Waals surface area contributed by atoms with Crippen LogP contribution in [-0.4, -0.2) is 52.3 Å². The summed E-state index contributed by atoms with van der Waals surface area (Å²) in [4.78, 5) is 28.0. The number of anilines is 1. The van der Waals surface area contributed by atoms with E-state index in [0.717, 1.165) is 5.69 Å². The largest absolute Gasteiger partial charge is 0.480 e. The topological polar surface area (TPSA) is 91.8 Å². The second kappa shape index (κ2) is 5.46. The molecule has 2 N–H and O–H groups in total.